The first-order valence-electron chi connectivity index (χ1n) is 8.41. The smallest absolute Gasteiger partial charge is 0.352 e. The van der Waals surface area contributed by atoms with Crippen molar-refractivity contribution in [2.75, 3.05) is 19.6 Å². The topological polar surface area (TPSA) is 63.1 Å². The second-order valence-corrected chi connectivity index (χ2v) is 6.40. The molecule has 3 rings (SSSR count). The van der Waals surface area contributed by atoms with Crippen LogP contribution in [0.25, 0.3) is 5.82 Å². The Morgan fingerprint density at radius 1 is 1.35 bits per heavy atom. The molecule has 1 unspecified atom stereocenters. The summed E-state index contributed by atoms with van der Waals surface area (Å²) < 4.78 is 39.4. The molecule has 3 heterocycles. The molecule has 1 fully saturated rings. The number of imidazole rings is 1. The van der Waals surface area contributed by atoms with Gasteiger partial charge in [-0.15, -0.1) is 0 Å². The van der Waals surface area contributed by atoms with Crippen molar-refractivity contribution in [2.45, 2.75) is 25.6 Å². The molecule has 1 saturated heterocycles. The van der Waals surface area contributed by atoms with Gasteiger partial charge in [0, 0.05) is 31.7 Å². The first-order valence-corrected chi connectivity index (χ1v) is 8.41. The van der Waals surface area contributed by atoms with Crippen LogP contribution in [0.3, 0.4) is 0 Å². The minimum Gasteiger partial charge on any atom is -0.352 e. The lowest BCUT2D eigenvalue weighted by atomic mass is 9.97. The van der Waals surface area contributed by atoms with Crippen molar-refractivity contribution in [3.05, 3.63) is 42.6 Å². The molecular formula is C17H20F3N5O. The average Bonchev–Trinajstić information content (AvgIpc) is 3.13. The number of halogens is 3. The Kier molecular flexibility index (Phi) is 5.55. The van der Waals surface area contributed by atoms with E-state index < -0.39 is 18.6 Å². The van der Waals surface area contributed by atoms with Crippen LogP contribution in [0.15, 0.2) is 37.1 Å². The van der Waals surface area contributed by atoms with Crippen molar-refractivity contribution < 1.29 is 18.0 Å². The van der Waals surface area contributed by atoms with Crippen molar-refractivity contribution >= 4 is 5.91 Å². The summed E-state index contributed by atoms with van der Waals surface area (Å²) in [5.74, 6) is 0.0576. The van der Waals surface area contributed by atoms with Crippen molar-refractivity contribution in [1.82, 2.24) is 24.8 Å². The fourth-order valence-electron chi connectivity index (χ4n) is 3.11. The second-order valence-electron chi connectivity index (χ2n) is 6.40. The summed E-state index contributed by atoms with van der Waals surface area (Å²) in [4.78, 5) is 21.9. The SMILES string of the molecule is O=C(NCc1ccnc(-n2ccnc2)c1)C1CCCN(CC(F)(F)F)C1. The Morgan fingerprint density at radius 3 is 2.92 bits per heavy atom. The van der Waals surface area contributed by atoms with E-state index in [0.717, 1.165) is 5.56 Å². The van der Waals surface area contributed by atoms with Crippen LogP contribution in [0.2, 0.25) is 0 Å². The van der Waals surface area contributed by atoms with Gasteiger partial charge in [-0.05, 0) is 37.1 Å². The summed E-state index contributed by atoms with van der Waals surface area (Å²) >= 11 is 0. The number of nitrogens with zero attached hydrogens (tertiary/aromatic N) is 4. The van der Waals surface area contributed by atoms with Gasteiger partial charge in [0.2, 0.25) is 5.91 Å². The predicted octanol–water partition coefficient (Wildman–Crippen LogP) is 2.16. The molecule has 0 saturated carbocycles. The number of hydrogen-bond donors (Lipinski definition) is 1. The molecule has 1 N–H and O–H groups in total. The summed E-state index contributed by atoms with van der Waals surface area (Å²) in [6.07, 6.45) is 3.64. The first kappa shape index (κ1) is 18.4. The predicted molar refractivity (Wildman–Crippen MR) is 88.4 cm³/mol. The van der Waals surface area contributed by atoms with Crippen molar-refractivity contribution in [2.24, 2.45) is 5.92 Å². The Balaban J connectivity index is 1.54. The molecule has 2 aromatic rings. The lowest BCUT2D eigenvalue weighted by molar-refractivity contribution is -0.152. The van der Waals surface area contributed by atoms with Crippen molar-refractivity contribution in [3.63, 3.8) is 0 Å². The van der Waals surface area contributed by atoms with E-state index in [4.69, 9.17) is 0 Å². The lowest BCUT2D eigenvalue weighted by Crippen LogP contribution is -2.45. The lowest BCUT2D eigenvalue weighted by Gasteiger charge is -2.32. The van der Waals surface area contributed by atoms with E-state index in [0.29, 0.717) is 31.7 Å². The number of carbonyl (C=O) groups excluding carboxylic acids is 1. The largest absolute Gasteiger partial charge is 0.401 e. The van der Waals surface area contributed by atoms with E-state index in [-0.39, 0.29) is 12.5 Å². The van der Waals surface area contributed by atoms with E-state index in [2.05, 4.69) is 15.3 Å². The third-order valence-electron chi connectivity index (χ3n) is 4.32. The number of hydrogen-bond acceptors (Lipinski definition) is 4. The highest BCUT2D eigenvalue weighted by Crippen LogP contribution is 2.22. The molecule has 0 aliphatic carbocycles. The number of nitrogens with one attached hydrogen (secondary N) is 1. The molecule has 26 heavy (non-hydrogen) atoms. The highest BCUT2D eigenvalue weighted by Gasteiger charge is 2.34. The summed E-state index contributed by atoms with van der Waals surface area (Å²) in [6.45, 7) is -0.141. The minimum atomic E-state index is -4.24. The van der Waals surface area contributed by atoms with Gasteiger partial charge in [0.15, 0.2) is 0 Å². The zero-order chi connectivity index (χ0) is 18.6. The van der Waals surface area contributed by atoms with Crippen LogP contribution in [0.4, 0.5) is 13.2 Å². The number of aromatic nitrogens is 3. The summed E-state index contributed by atoms with van der Waals surface area (Å²) in [6, 6.07) is 3.62. The maximum Gasteiger partial charge on any atom is 0.401 e. The van der Waals surface area contributed by atoms with Crippen LogP contribution >= 0.6 is 0 Å². The molecule has 0 aromatic carbocycles. The fraction of sp³-hybridized carbons (Fsp3) is 0.471. The molecule has 9 heteroatoms. The van der Waals surface area contributed by atoms with Gasteiger partial charge in [-0.1, -0.05) is 0 Å². The van der Waals surface area contributed by atoms with Gasteiger partial charge in [-0.2, -0.15) is 13.2 Å². The molecule has 1 amide bonds. The zero-order valence-corrected chi connectivity index (χ0v) is 14.1. The van der Waals surface area contributed by atoms with E-state index >= 15 is 0 Å². The molecule has 1 atom stereocenters. The van der Waals surface area contributed by atoms with E-state index in [1.165, 1.54) is 4.90 Å². The van der Waals surface area contributed by atoms with Crippen LogP contribution in [-0.2, 0) is 11.3 Å². The van der Waals surface area contributed by atoms with Gasteiger partial charge < -0.3 is 5.32 Å². The van der Waals surface area contributed by atoms with Gasteiger partial charge in [-0.3, -0.25) is 14.3 Å². The molecule has 0 bridgehead atoms. The van der Waals surface area contributed by atoms with Crippen molar-refractivity contribution in [1.29, 1.82) is 0 Å². The van der Waals surface area contributed by atoms with E-state index in [1.807, 2.05) is 6.07 Å². The molecule has 2 aromatic heterocycles. The van der Waals surface area contributed by atoms with Crippen molar-refractivity contribution in [3.8, 4) is 5.82 Å². The molecule has 1 aliphatic rings. The Hall–Kier alpha value is -2.42. The Morgan fingerprint density at radius 2 is 2.19 bits per heavy atom. The van der Waals surface area contributed by atoms with E-state index in [1.54, 1.807) is 35.6 Å². The van der Waals surface area contributed by atoms with Crippen LogP contribution in [0, 0.1) is 5.92 Å². The van der Waals surface area contributed by atoms with Crippen LogP contribution < -0.4 is 5.32 Å². The standard InChI is InChI=1S/C17H20F3N5O/c18-17(19,20)11-24-6-1-2-14(10-24)16(26)23-9-13-3-4-22-15(8-13)25-7-5-21-12-25/h3-5,7-8,12,14H,1-2,6,9-11H2,(H,23,26). The van der Waals surface area contributed by atoms with E-state index in [9.17, 15) is 18.0 Å². The molecule has 0 radical (unpaired) electrons. The number of piperidine rings is 1. The van der Waals surface area contributed by atoms with Gasteiger partial charge >= 0.3 is 6.18 Å². The van der Waals surface area contributed by atoms with Crippen LogP contribution in [0.5, 0.6) is 0 Å². The van der Waals surface area contributed by atoms with Crippen LogP contribution in [-0.4, -0.2) is 51.2 Å². The fourth-order valence-corrected chi connectivity index (χ4v) is 3.11. The van der Waals surface area contributed by atoms with Crippen LogP contribution in [0.1, 0.15) is 18.4 Å². The minimum absolute atomic E-state index is 0.141. The van der Waals surface area contributed by atoms with Gasteiger partial charge in [0.1, 0.15) is 12.1 Å². The number of carbonyl (C=O) groups is 1. The third-order valence-corrected chi connectivity index (χ3v) is 4.32. The maximum atomic E-state index is 12.5. The number of rotatable bonds is 5. The summed E-state index contributed by atoms with van der Waals surface area (Å²) in [7, 11) is 0. The third kappa shape index (κ3) is 5.04. The number of pyridine rings is 1. The number of alkyl halides is 3. The molecule has 1 aliphatic heterocycles. The first-order chi connectivity index (χ1) is 12.4. The monoisotopic (exact) mass is 367 g/mol. The number of amides is 1. The van der Waals surface area contributed by atoms with Gasteiger partial charge in [-0.25, -0.2) is 9.97 Å². The highest BCUT2D eigenvalue weighted by molar-refractivity contribution is 5.79. The number of likely N-dealkylation sites (tertiary alicyclic amines) is 1. The Bertz CT molecular complexity index is 732. The molecule has 6 nitrogen and oxygen atoms in total. The molecule has 0 spiro atoms. The zero-order valence-electron chi connectivity index (χ0n) is 14.1. The summed E-state index contributed by atoms with van der Waals surface area (Å²) in [5.41, 5.74) is 0.861. The quantitative estimate of drug-likeness (QED) is 0.880. The highest BCUT2D eigenvalue weighted by atomic mass is 19.4. The normalized spacial score (nSPS) is 18.7. The average molecular weight is 367 g/mol. The maximum absolute atomic E-state index is 12.5. The van der Waals surface area contributed by atoms with Gasteiger partial charge in [0.25, 0.3) is 0 Å². The molecule has 140 valence electrons. The summed E-state index contributed by atoms with van der Waals surface area (Å²) in [5, 5.41) is 2.83. The van der Waals surface area contributed by atoms with Gasteiger partial charge in [0.05, 0.1) is 12.5 Å². The molecular weight excluding hydrogens is 347 g/mol. The second kappa shape index (κ2) is 7.86. The Labute approximate surface area is 149 Å².